The molecule has 8 heteroatoms. The van der Waals surface area contributed by atoms with Crippen molar-refractivity contribution in [3.05, 3.63) is 91.0 Å². The maximum atomic E-state index is 13.7. The third-order valence-corrected chi connectivity index (χ3v) is 7.15. The number of anilines is 1. The summed E-state index contributed by atoms with van der Waals surface area (Å²) >= 11 is 1.18. The molecule has 2 aromatic carbocycles. The van der Waals surface area contributed by atoms with Gasteiger partial charge in [-0.25, -0.2) is 9.79 Å². The van der Waals surface area contributed by atoms with E-state index in [1.54, 1.807) is 18.7 Å². The molecule has 0 saturated heterocycles. The summed E-state index contributed by atoms with van der Waals surface area (Å²) in [5.74, 6) is -0.707. The van der Waals surface area contributed by atoms with Gasteiger partial charge in [0, 0.05) is 17.8 Å². The van der Waals surface area contributed by atoms with Gasteiger partial charge in [0.25, 0.3) is 11.5 Å². The molecule has 1 amide bonds. The Kier molecular flexibility index (Phi) is 5.53. The highest BCUT2D eigenvalue weighted by Crippen LogP contribution is 2.35. The fourth-order valence-electron chi connectivity index (χ4n) is 4.56. The van der Waals surface area contributed by atoms with E-state index in [0.29, 0.717) is 32.7 Å². The highest BCUT2D eigenvalue weighted by molar-refractivity contribution is 7.07. The van der Waals surface area contributed by atoms with E-state index in [-0.39, 0.29) is 18.1 Å². The molecule has 2 aliphatic rings. The van der Waals surface area contributed by atoms with Crippen LogP contribution in [-0.4, -0.2) is 29.6 Å². The number of ether oxygens (including phenoxy) is 1. The monoisotopic (exact) mass is 473 g/mol. The second-order valence-electron chi connectivity index (χ2n) is 7.96. The minimum Gasteiger partial charge on any atom is -0.463 e. The number of thiazole rings is 1. The van der Waals surface area contributed by atoms with Gasteiger partial charge in [-0.3, -0.25) is 14.2 Å². The molecule has 3 heterocycles. The summed E-state index contributed by atoms with van der Waals surface area (Å²) in [6, 6.07) is 16.3. The van der Waals surface area contributed by atoms with Gasteiger partial charge in [-0.1, -0.05) is 59.9 Å². The molecule has 0 radical (unpaired) electrons. The molecule has 172 valence electrons. The number of rotatable bonds is 4. The summed E-state index contributed by atoms with van der Waals surface area (Å²) in [4.78, 5) is 46.9. The van der Waals surface area contributed by atoms with Gasteiger partial charge in [0.1, 0.15) is 10.6 Å². The van der Waals surface area contributed by atoms with Crippen molar-refractivity contribution >= 4 is 40.2 Å². The van der Waals surface area contributed by atoms with Gasteiger partial charge in [-0.2, -0.15) is 0 Å². The predicted octanol–water partition coefficient (Wildman–Crippen LogP) is 2.64. The lowest BCUT2D eigenvalue weighted by atomic mass is 9.97. The van der Waals surface area contributed by atoms with Gasteiger partial charge < -0.3 is 9.64 Å². The van der Waals surface area contributed by atoms with Gasteiger partial charge in [-0.05, 0) is 32.4 Å². The molecule has 1 aromatic heterocycles. The van der Waals surface area contributed by atoms with Crippen molar-refractivity contribution in [2.24, 2.45) is 4.99 Å². The Bertz CT molecular complexity index is 1530. The Morgan fingerprint density at radius 3 is 2.47 bits per heavy atom. The molecule has 0 aliphatic carbocycles. The van der Waals surface area contributed by atoms with Crippen LogP contribution in [0.2, 0.25) is 0 Å². The molecule has 0 saturated carbocycles. The summed E-state index contributed by atoms with van der Waals surface area (Å²) in [5.41, 5.74) is 3.17. The molecular formula is C26H23N3O4S. The summed E-state index contributed by atoms with van der Waals surface area (Å²) < 4.78 is 7.08. The maximum Gasteiger partial charge on any atom is 0.338 e. The average Bonchev–Trinajstić information content (AvgIpc) is 3.32. The lowest BCUT2D eigenvalue weighted by molar-refractivity contribution is -0.138. The summed E-state index contributed by atoms with van der Waals surface area (Å²) in [5, 5.41) is 0. The number of likely N-dealkylation sites (N-methyl/N-ethyl adjacent to an activating group) is 1. The number of esters is 1. The molecule has 0 spiro atoms. The van der Waals surface area contributed by atoms with Crippen molar-refractivity contribution in [2.75, 3.05) is 18.1 Å². The van der Waals surface area contributed by atoms with Crippen LogP contribution in [0.4, 0.5) is 5.69 Å². The molecule has 7 nitrogen and oxygen atoms in total. The lowest BCUT2D eigenvalue weighted by Gasteiger charge is -2.22. The lowest BCUT2D eigenvalue weighted by Crippen LogP contribution is -2.37. The third kappa shape index (κ3) is 3.25. The third-order valence-electron chi connectivity index (χ3n) is 6.10. The standard InChI is InChI=1S/C26H23N3O4S/c1-4-28-18-14-10-9-13-17(18)20(23(28)30)22-24(31)29-15(3)19(25(32)33-5-2)21(27-26(29)34-22)16-11-7-6-8-12-16/h6-14,21H,4-5H2,1-3H3/b22-20-/t21-/m0/s1. The molecular weight excluding hydrogens is 450 g/mol. The molecule has 0 fully saturated rings. The van der Waals surface area contributed by atoms with Crippen molar-refractivity contribution in [3.8, 4) is 0 Å². The zero-order chi connectivity index (χ0) is 24.0. The first-order valence-electron chi connectivity index (χ1n) is 11.2. The Morgan fingerprint density at radius 1 is 1.06 bits per heavy atom. The van der Waals surface area contributed by atoms with Crippen LogP contribution < -0.4 is 19.8 Å². The largest absolute Gasteiger partial charge is 0.463 e. The Morgan fingerprint density at radius 2 is 1.76 bits per heavy atom. The molecule has 0 unspecified atom stereocenters. The number of benzene rings is 2. The second-order valence-corrected chi connectivity index (χ2v) is 8.94. The molecule has 1 atom stereocenters. The van der Waals surface area contributed by atoms with Crippen molar-refractivity contribution in [1.29, 1.82) is 0 Å². The Hall–Kier alpha value is -3.78. The summed E-state index contributed by atoms with van der Waals surface area (Å²) in [6.07, 6.45) is 0. The fourth-order valence-corrected chi connectivity index (χ4v) is 5.69. The van der Waals surface area contributed by atoms with Gasteiger partial charge in [-0.15, -0.1) is 0 Å². The van der Waals surface area contributed by atoms with E-state index in [9.17, 15) is 14.4 Å². The quantitative estimate of drug-likeness (QED) is 0.546. The number of fused-ring (bicyclic) bond motifs is 2. The number of hydrogen-bond acceptors (Lipinski definition) is 6. The number of carbonyl (C=O) groups excluding carboxylic acids is 2. The van der Waals surface area contributed by atoms with Crippen molar-refractivity contribution < 1.29 is 14.3 Å². The van der Waals surface area contributed by atoms with Crippen LogP contribution in [0, 0.1) is 0 Å². The first-order valence-corrected chi connectivity index (χ1v) is 12.0. The molecule has 3 aromatic rings. The van der Waals surface area contributed by atoms with Crippen molar-refractivity contribution in [3.63, 3.8) is 0 Å². The first kappa shape index (κ1) is 22.0. The number of nitrogens with zero attached hydrogens (tertiary/aromatic N) is 3. The van der Waals surface area contributed by atoms with E-state index in [2.05, 4.69) is 0 Å². The first-order chi connectivity index (χ1) is 16.5. The zero-order valence-corrected chi connectivity index (χ0v) is 19.9. The van der Waals surface area contributed by atoms with Gasteiger partial charge >= 0.3 is 5.97 Å². The molecule has 5 rings (SSSR count). The van der Waals surface area contributed by atoms with E-state index in [4.69, 9.17) is 9.73 Å². The van der Waals surface area contributed by atoms with Gasteiger partial charge in [0.05, 0.1) is 23.4 Å². The van der Waals surface area contributed by atoms with E-state index >= 15 is 0 Å². The Labute approximate surface area is 199 Å². The number of hydrogen-bond donors (Lipinski definition) is 0. The van der Waals surface area contributed by atoms with E-state index in [0.717, 1.165) is 16.8 Å². The van der Waals surface area contributed by atoms with E-state index in [1.807, 2.05) is 61.5 Å². The topological polar surface area (TPSA) is 81.0 Å². The maximum absolute atomic E-state index is 13.7. The number of para-hydroxylation sites is 1. The molecule has 0 bridgehead atoms. The average molecular weight is 474 g/mol. The number of amides is 1. The summed E-state index contributed by atoms with van der Waals surface area (Å²) in [6.45, 7) is 6.08. The minimum atomic E-state index is -0.602. The zero-order valence-electron chi connectivity index (χ0n) is 19.1. The highest BCUT2D eigenvalue weighted by atomic mass is 32.1. The van der Waals surface area contributed by atoms with Crippen LogP contribution in [0.25, 0.3) is 11.3 Å². The van der Waals surface area contributed by atoms with Crippen LogP contribution >= 0.6 is 11.3 Å². The normalized spacial score (nSPS) is 18.5. The van der Waals surface area contributed by atoms with Gasteiger partial charge in [0.2, 0.25) is 0 Å². The Balaban J connectivity index is 1.83. The molecule has 34 heavy (non-hydrogen) atoms. The van der Waals surface area contributed by atoms with Crippen LogP contribution in [0.3, 0.4) is 0 Å². The number of allylic oxidation sites excluding steroid dienone is 1. The van der Waals surface area contributed by atoms with Crippen molar-refractivity contribution in [1.82, 2.24) is 4.57 Å². The van der Waals surface area contributed by atoms with Crippen LogP contribution in [0.5, 0.6) is 0 Å². The number of aromatic nitrogens is 1. The van der Waals surface area contributed by atoms with E-state index in [1.165, 1.54) is 15.9 Å². The van der Waals surface area contributed by atoms with Gasteiger partial charge in [0.15, 0.2) is 4.80 Å². The van der Waals surface area contributed by atoms with Crippen LogP contribution in [-0.2, 0) is 14.3 Å². The fraction of sp³-hybridized carbons (Fsp3) is 0.231. The van der Waals surface area contributed by atoms with Crippen LogP contribution in [0.15, 0.2) is 70.0 Å². The highest BCUT2D eigenvalue weighted by Gasteiger charge is 2.35. The van der Waals surface area contributed by atoms with Crippen molar-refractivity contribution in [2.45, 2.75) is 26.8 Å². The minimum absolute atomic E-state index is 0.202. The smallest absolute Gasteiger partial charge is 0.338 e. The molecule has 2 aliphatic heterocycles. The number of carbonyl (C=O) groups is 2. The predicted molar refractivity (Wildman–Crippen MR) is 131 cm³/mol. The second kappa shape index (κ2) is 8.53. The SMILES string of the molecule is CCOC(=O)C1=C(C)n2c(s/c(=C3\C(=O)N(CC)c4ccccc43)c2=O)=N[C@H]1c1ccccc1. The molecule has 0 N–H and O–H groups in total. The summed E-state index contributed by atoms with van der Waals surface area (Å²) in [7, 11) is 0. The van der Waals surface area contributed by atoms with Crippen LogP contribution in [0.1, 0.15) is 37.9 Å². The van der Waals surface area contributed by atoms with E-state index < -0.39 is 12.0 Å².